The predicted octanol–water partition coefficient (Wildman–Crippen LogP) is 6.87. The third-order valence-electron chi connectivity index (χ3n) is 3.72. The van der Waals surface area contributed by atoms with E-state index in [0.29, 0.717) is 15.7 Å². The Morgan fingerprint density at radius 2 is 1.96 bits per heavy atom. The Labute approximate surface area is 185 Å². The van der Waals surface area contributed by atoms with Crippen LogP contribution in [-0.2, 0) is 0 Å². The zero-order valence-electron chi connectivity index (χ0n) is 16.4. The number of benzene rings is 1. The second-order valence-corrected chi connectivity index (χ2v) is 7.71. The summed E-state index contributed by atoms with van der Waals surface area (Å²) in [5, 5.41) is 10.7. The topological polar surface area (TPSA) is 48.7 Å². The first-order chi connectivity index (χ1) is 13.7. The van der Waals surface area contributed by atoms with E-state index in [4.69, 9.17) is 11.6 Å². The Bertz CT molecular complexity index is 807. The number of thiazole rings is 1. The minimum absolute atomic E-state index is 0.0462. The molecule has 0 radical (unpaired) electrons. The summed E-state index contributed by atoms with van der Waals surface area (Å²) in [6, 6.07) is 9.73. The first-order valence-corrected chi connectivity index (χ1v) is 11.6. The molecule has 1 N–H and O–H groups in total. The van der Waals surface area contributed by atoms with Gasteiger partial charge >= 0.3 is 0 Å². The van der Waals surface area contributed by atoms with E-state index in [1.165, 1.54) is 17.7 Å². The van der Waals surface area contributed by atoms with Crippen molar-refractivity contribution in [1.82, 2.24) is 9.88 Å². The number of hydrogen-bond acceptors (Lipinski definition) is 5. The van der Waals surface area contributed by atoms with Crippen LogP contribution in [0, 0.1) is 0 Å². The van der Waals surface area contributed by atoms with Crippen LogP contribution >= 0.6 is 46.3 Å². The average Bonchev–Trinajstić information content (AvgIpc) is 3.38. The lowest BCUT2D eigenvalue weighted by Crippen LogP contribution is -2.27. The number of aliphatic hydroxyl groups excluding tert-OH is 1. The largest absolute Gasteiger partial charge is 0.515 e. The van der Waals surface area contributed by atoms with Gasteiger partial charge in [-0.05, 0) is 5.56 Å². The molecule has 2 aromatic rings. The number of halogens is 2. The van der Waals surface area contributed by atoms with Crippen LogP contribution in [-0.4, -0.2) is 39.3 Å². The molecule has 1 fully saturated rings. The molecule has 0 bridgehead atoms. The monoisotopic (exact) mass is 457 g/mol. The molecular weight excluding hydrogens is 433 g/mol. The summed E-state index contributed by atoms with van der Waals surface area (Å²) in [7, 11) is 1.76. The maximum atomic E-state index is 9.80. The van der Waals surface area contributed by atoms with Gasteiger partial charge in [0.2, 0.25) is 0 Å². The summed E-state index contributed by atoms with van der Waals surface area (Å²) in [5.74, 6) is 0.831. The van der Waals surface area contributed by atoms with E-state index in [-0.39, 0.29) is 6.04 Å². The number of amidine groups is 1. The number of aromatic nitrogens is 1. The van der Waals surface area contributed by atoms with Crippen molar-refractivity contribution in [1.29, 1.82) is 0 Å². The highest BCUT2D eigenvalue weighted by Gasteiger charge is 2.35. The number of thioether (sulfide) groups is 1. The second kappa shape index (κ2) is 12.9. The Morgan fingerprint density at radius 1 is 1.32 bits per heavy atom. The quantitative estimate of drug-likeness (QED) is 0.309. The van der Waals surface area contributed by atoms with Crippen LogP contribution in [0.5, 0.6) is 0 Å². The van der Waals surface area contributed by atoms with Gasteiger partial charge in [-0.2, -0.15) is 0 Å². The summed E-state index contributed by atoms with van der Waals surface area (Å²) >= 11 is 13.8. The van der Waals surface area contributed by atoms with Gasteiger partial charge in [0.1, 0.15) is 0 Å². The van der Waals surface area contributed by atoms with Gasteiger partial charge in [0, 0.05) is 41.5 Å². The molecule has 2 heterocycles. The van der Waals surface area contributed by atoms with E-state index in [2.05, 4.69) is 28.2 Å². The normalized spacial score (nSPS) is 17.5. The number of alkyl halides is 1. The Kier molecular flexibility index (Phi) is 11.3. The van der Waals surface area contributed by atoms with E-state index in [1.54, 1.807) is 25.0 Å². The highest BCUT2D eigenvalue weighted by atomic mass is 35.5. The SMILES string of the molecule is C=C(/C(=C/O)c1ccccc1)N1C(=NC)SCC1c1cnc(Cl)s1.CC.CCl. The van der Waals surface area contributed by atoms with Crippen molar-refractivity contribution in [3.63, 3.8) is 0 Å². The number of hydrogen-bond donors (Lipinski definition) is 1. The van der Waals surface area contributed by atoms with E-state index in [0.717, 1.165) is 27.6 Å². The van der Waals surface area contributed by atoms with Crippen molar-refractivity contribution < 1.29 is 5.11 Å². The Hall–Kier alpha value is -1.47. The summed E-state index contributed by atoms with van der Waals surface area (Å²) < 4.78 is 0.517. The van der Waals surface area contributed by atoms with Crippen molar-refractivity contribution in [3.05, 3.63) is 70.0 Å². The summed E-state index contributed by atoms with van der Waals surface area (Å²) in [4.78, 5) is 11.6. The standard InChI is InChI=1S/C17H16ClN3OS2.C2H6.CH3Cl/c1-11(13(9-22)12-6-4-3-5-7-12)21-14(10-23-17(21)19-2)15-8-20-16(18)24-15;2*1-2/h3-9,14,22H,1,10H2,2H3;1-2H3;1H3/b13-9-,19-17?;;. The highest BCUT2D eigenvalue weighted by molar-refractivity contribution is 8.14. The van der Waals surface area contributed by atoms with Crippen LogP contribution < -0.4 is 0 Å². The molecule has 1 saturated heterocycles. The van der Waals surface area contributed by atoms with Crippen molar-refractivity contribution in [2.75, 3.05) is 19.2 Å². The number of nitrogens with zero attached hydrogens (tertiary/aromatic N) is 3. The molecule has 4 nitrogen and oxygen atoms in total. The molecule has 1 atom stereocenters. The Morgan fingerprint density at radius 3 is 2.46 bits per heavy atom. The van der Waals surface area contributed by atoms with E-state index in [1.807, 2.05) is 49.1 Å². The lowest BCUT2D eigenvalue weighted by Gasteiger charge is -2.28. The van der Waals surface area contributed by atoms with Crippen molar-refractivity contribution >= 4 is 57.0 Å². The van der Waals surface area contributed by atoms with Gasteiger partial charge in [-0.15, -0.1) is 22.9 Å². The molecule has 1 aromatic carbocycles. The van der Waals surface area contributed by atoms with Crippen molar-refractivity contribution in [2.24, 2.45) is 4.99 Å². The molecule has 28 heavy (non-hydrogen) atoms. The molecule has 1 aliphatic heterocycles. The van der Waals surface area contributed by atoms with E-state index in [9.17, 15) is 5.11 Å². The predicted molar refractivity (Wildman–Crippen MR) is 127 cm³/mol. The maximum absolute atomic E-state index is 9.80. The minimum Gasteiger partial charge on any atom is -0.515 e. The molecule has 0 amide bonds. The van der Waals surface area contributed by atoms with Crippen LogP contribution in [0.25, 0.3) is 5.57 Å². The fourth-order valence-corrected chi connectivity index (χ4v) is 4.89. The minimum atomic E-state index is 0.0462. The molecule has 1 aliphatic rings. The lowest BCUT2D eigenvalue weighted by molar-refractivity contribution is 0.447. The molecule has 0 spiro atoms. The first-order valence-electron chi connectivity index (χ1n) is 8.62. The van der Waals surface area contributed by atoms with Crippen LogP contribution in [0.4, 0.5) is 0 Å². The molecule has 3 rings (SSSR count). The summed E-state index contributed by atoms with van der Waals surface area (Å²) in [5.41, 5.74) is 2.27. The van der Waals surface area contributed by atoms with Gasteiger partial charge in [-0.1, -0.05) is 74.1 Å². The molecule has 1 aromatic heterocycles. The van der Waals surface area contributed by atoms with Gasteiger partial charge in [0.25, 0.3) is 0 Å². The van der Waals surface area contributed by atoms with Gasteiger partial charge in [0.05, 0.1) is 12.3 Å². The zero-order valence-corrected chi connectivity index (χ0v) is 19.5. The maximum Gasteiger partial charge on any atom is 0.183 e. The van der Waals surface area contributed by atoms with Crippen LogP contribution in [0.15, 0.2) is 60.1 Å². The number of aliphatic hydroxyl groups is 1. The smallest absolute Gasteiger partial charge is 0.183 e. The van der Waals surface area contributed by atoms with E-state index >= 15 is 0 Å². The third kappa shape index (κ3) is 5.77. The first kappa shape index (κ1) is 24.6. The van der Waals surface area contributed by atoms with Crippen LogP contribution in [0.2, 0.25) is 4.47 Å². The fourth-order valence-electron chi connectivity index (χ4n) is 2.60. The number of rotatable bonds is 4. The summed E-state index contributed by atoms with van der Waals surface area (Å²) in [6.07, 6.45) is 4.37. The number of aliphatic imine (C=N–C) groups is 1. The molecule has 1 unspecified atom stereocenters. The lowest BCUT2D eigenvalue weighted by atomic mass is 10.0. The van der Waals surface area contributed by atoms with Crippen molar-refractivity contribution in [3.8, 4) is 0 Å². The Balaban J connectivity index is 0.000000921. The van der Waals surface area contributed by atoms with Crippen LogP contribution in [0.1, 0.15) is 30.3 Å². The molecule has 0 saturated carbocycles. The molecule has 152 valence electrons. The van der Waals surface area contributed by atoms with Crippen molar-refractivity contribution in [2.45, 2.75) is 19.9 Å². The van der Waals surface area contributed by atoms with Gasteiger partial charge in [0.15, 0.2) is 9.63 Å². The van der Waals surface area contributed by atoms with Gasteiger partial charge in [-0.3, -0.25) is 4.99 Å². The number of allylic oxidation sites excluding steroid dienone is 1. The zero-order chi connectivity index (χ0) is 21.1. The van der Waals surface area contributed by atoms with Gasteiger partial charge in [-0.25, -0.2) is 4.98 Å². The molecule has 0 aliphatic carbocycles. The second-order valence-electron chi connectivity index (χ2n) is 5.07. The fraction of sp³-hybridized carbons (Fsp3) is 0.300. The summed E-state index contributed by atoms with van der Waals surface area (Å²) in [6.45, 7) is 8.22. The highest BCUT2D eigenvalue weighted by Crippen LogP contribution is 2.43. The van der Waals surface area contributed by atoms with Crippen LogP contribution in [0.3, 0.4) is 0 Å². The average molecular weight is 458 g/mol. The van der Waals surface area contributed by atoms with Gasteiger partial charge < -0.3 is 10.0 Å². The molecule has 8 heteroatoms. The van der Waals surface area contributed by atoms with E-state index < -0.39 is 0 Å². The third-order valence-corrected chi connectivity index (χ3v) is 6.05. The molecular formula is C20H25Cl2N3OS2.